The van der Waals surface area contributed by atoms with Crippen LogP contribution in [0.15, 0.2) is 18.2 Å². The lowest BCUT2D eigenvalue weighted by atomic mass is 10.1. The summed E-state index contributed by atoms with van der Waals surface area (Å²) in [6, 6.07) is 6.18. The highest BCUT2D eigenvalue weighted by atomic mass is 35.5. The summed E-state index contributed by atoms with van der Waals surface area (Å²) in [5.41, 5.74) is 1.29. The number of benzene rings is 1. The molecule has 0 spiro atoms. The molecule has 2 atom stereocenters. The second kappa shape index (κ2) is 7.34. The Morgan fingerprint density at radius 1 is 1.10 bits per heavy atom. The highest BCUT2D eigenvalue weighted by molar-refractivity contribution is 5.85. The molecule has 1 aromatic carbocycles. The van der Waals surface area contributed by atoms with Gasteiger partial charge in [-0.05, 0) is 37.0 Å². The third-order valence-corrected chi connectivity index (χ3v) is 4.28. The van der Waals surface area contributed by atoms with Crippen molar-refractivity contribution in [3.8, 4) is 11.5 Å². The lowest BCUT2D eigenvalue weighted by molar-refractivity contribution is -0.0377. The monoisotopic (exact) mass is 313 g/mol. The Morgan fingerprint density at radius 3 is 2.38 bits per heavy atom. The summed E-state index contributed by atoms with van der Waals surface area (Å²) in [6.45, 7) is 3.26. The molecule has 2 unspecified atom stereocenters. The van der Waals surface area contributed by atoms with E-state index in [0.29, 0.717) is 12.2 Å². The second-order valence-electron chi connectivity index (χ2n) is 5.66. The van der Waals surface area contributed by atoms with Crippen molar-refractivity contribution in [2.75, 3.05) is 33.9 Å². The molecule has 0 aromatic heterocycles. The summed E-state index contributed by atoms with van der Waals surface area (Å²) in [7, 11) is 3.35. The van der Waals surface area contributed by atoms with E-state index in [0.717, 1.165) is 37.6 Å². The maximum Gasteiger partial charge on any atom is 0.160 e. The Labute approximate surface area is 132 Å². The predicted molar refractivity (Wildman–Crippen MR) is 84.8 cm³/mol. The van der Waals surface area contributed by atoms with E-state index in [1.165, 1.54) is 18.4 Å². The SMILES string of the molecule is COc1ccc(CCN2CC3CCC(C2)O3)cc1OC.Cl. The first kappa shape index (κ1) is 16.4. The van der Waals surface area contributed by atoms with Gasteiger partial charge in [0.2, 0.25) is 0 Å². The molecule has 0 amide bonds. The average Bonchev–Trinajstić information content (AvgIpc) is 2.83. The second-order valence-corrected chi connectivity index (χ2v) is 5.66. The van der Waals surface area contributed by atoms with Crippen LogP contribution in [0.2, 0.25) is 0 Å². The lowest BCUT2D eigenvalue weighted by Crippen LogP contribution is -2.43. The third-order valence-electron chi connectivity index (χ3n) is 4.28. The summed E-state index contributed by atoms with van der Waals surface area (Å²) in [5, 5.41) is 0. The first-order valence-electron chi connectivity index (χ1n) is 7.37. The molecule has 0 radical (unpaired) electrons. The largest absolute Gasteiger partial charge is 0.493 e. The van der Waals surface area contributed by atoms with Crippen molar-refractivity contribution < 1.29 is 14.2 Å². The molecular weight excluding hydrogens is 290 g/mol. The van der Waals surface area contributed by atoms with Crippen LogP contribution in [0.4, 0.5) is 0 Å². The number of morpholine rings is 1. The van der Waals surface area contributed by atoms with E-state index >= 15 is 0 Å². The number of hydrogen-bond donors (Lipinski definition) is 0. The Morgan fingerprint density at radius 2 is 1.76 bits per heavy atom. The van der Waals surface area contributed by atoms with E-state index in [4.69, 9.17) is 14.2 Å². The zero-order valence-electron chi connectivity index (χ0n) is 12.7. The molecule has 2 aliphatic heterocycles. The average molecular weight is 314 g/mol. The highest BCUT2D eigenvalue weighted by Crippen LogP contribution is 2.29. The molecule has 5 heteroatoms. The van der Waals surface area contributed by atoms with Crippen LogP contribution in [0, 0.1) is 0 Å². The van der Waals surface area contributed by atoms with Crippen LogP contribution in [-0.2, 0) is 11.2 Å². The Hall–Kier alpha value is -0.970. The van der Waals surface area contributed by atoms with Crippen LogP contribution in [0.5, 0.6) is 11.5 Å². The quantitative estimate of drug-likeness (QED) is 0.836. The minimum absolute atomic E-state index is 0. The summed E-state index contributed by atoms with van der Waals surface area (Å²) in [6.07, 6.45) is 4.45. The fraction of sp³-hybridized carbons (Fsp3) is 0.625. The maximum absolute atomic E-state index is 5.87. The van der Waals surface area contributed by atoms with Crippen molar-refractivity contribution in [2.24, 2.45) is 0 Å². The Kier molecular flexibility index (Phi) is 5.73. The fourth-order valence-corrected chi connectivity index (χ4v) is 3.21. The van der Waals surface area contributed by atoms with E-state index in [2.05, 4.69) is 17.0 Å². The molecule has 21 heavy (non-hydrogen) atoms. The van der Waals surface area contributed by atoms with Gasteiger partial charge in [-0.3, -0.25) is 4.90 Å². The maximum atomic E-state index is 5.87. The van der Waals surface area contributed by atoms with E-state index < -0.39 is 0 Å². The number of halogens is 1. The standard InChI is InChI=1S/C16H23NO3.ClH/c1-18-15-6-3-12(9-16(15)19-2)7-8-17-10-13-4-5-14(11-17)20-13;/h3,6,9,13-14H,4-5,7-8,10-11H2,1-2H3;1H. The zero-order valence-corrected chi connectivity index (χ0v) is 13.5. The van der Waals surface area contributed by atoms with Crippen LogP contribution in [-0.4, -0.2) is 51.0 Å². The summed E-state index contributed by atoms with van der Waals surface area (Å²) < 4.78 is 16.5. The fourth-order valence-electron chi connectivity index (χ4n) is 3.21. The van der Waals surface area contributed by atoms with Gasteiger partial charge in [-0.25, -0.2) is 0 Å². The van der Waals surface area contributed by atoms with Gasteiger partial charge in [-0.1, -0.05) is 6.07 Å². The molecular formula is C16H24ClNO3. The van der Waals surface area contributed by atoms with Crippen molar-refractivity contribution in [1.82, 2.24) is 4.90 Å². The normalized spacial score (nSPS) is 24.5. The molecule has 118 valence electrons. The molecule has 0 N–H and O–H groups in total. The van der Waals surface area contributed by atoms with Crippen molar-refractivity contribution in [3.05, 3.63) is 23.8 Å². The lowest BCUT2D eigenvalue weighted by Gasteiger charge is -2.32. The highest BCUT2D eigenvalue weighted by Gasteiger charge is 2.33. The van der Waals surface area contributed by atoms with Gasteiger partial charge >= 0.3 is 0 Å². The number of nitrogens with zero attached hydrogens (tertiary/aromatic N) is 1. The van der Waals surface area contributed by atoms with Gasteiger partial charge < -0.3 is 14.2 Å². The summed E-state index contributed by atoms with van der Waals surface area (Å²) in [4.78, 5) is 2.53. The van der Waals surface area contributed by atoms with Gasteiger partial charge in [0.05, 0.1) is 26.4 Å². The molecule has 0 saturated carbocycles. The first-order chi connectivity index (χ1) is 9.78. The minimum Gasteiger partial charge on any atom is -0.493 e. The minimum atomic E-state index is 0. The van der Waals surface area contributed by atoms with Crippen molar-refractivity contribution in [2.45, 2.75) is 31.5 Å². The van der Waals surface area contributed by atoms with Gasteiger partial charge in [0.1, 0.15) is 0 Å². The number of hydrogen-bond acceptors (Lipinski definition) is 4. The molecule has 2 heterocycles. The van der Waals surface area contributed by atoms with Crippen LogP contribution >= 0.6 is 12.4 Å². The van der Waals surface area contributed by atoms with Crippen LogP contribution in [0.1, 0.15) is 18.4 Å². The number of likely N-dealkylation sites (tertiary alicyclic amines) is 1. The molecule has 0 aliphatic carbocycles. The van der Waals surface area contributed by atoms with E-state index in [1.54, 1.807) is 14.2 Å². The molecule has 2 fully saturated rings. The van der Waals surface area contributed by atoms with Gasteiger partial charge in [0.15, 0.2) is 11.5 Å². The first-order valence-corrected chi connectivity index (χ1v) is 7.37. The van der Waals surface area contributed by atoms with E-state index in [-0.39, 0.29) is 12.4 Å². The van der Waals surface area contributed by atoms with Gasteiger partial charge in [-0.2, -0.15) is 0 Å². The molecule has 2 saturated heterocycles. The Bertz CT molecular complexity index is 457. The number of rotatable bonds is 5. The summed E-state index contributed by atoms with van der Waals surface area (Å²) >= 11 is 0. The van der Waals surface area contributed by atoms with E-state index in [1.807, 2.05) is 6.07 Å². The van der Waals surface area contributed by atoms with Crippen LogP contribution < -0.4 is 9.47 Å². The number of ether oxygens (including phenoxy) is 3. The van der Waals surface area contributed by atoms with Gasteiger partial charge in [-0.15, -0.1) is 12.4 Å². The molecule has 4 nitrogen and oxygen atoms in total. The zero-order chi connectivity index (χ0) is 13.9. The van der Waals surface area contributed by atoms with Crippen molar-refractivity contribution in [3.63, 3.8) is 0 Å². The predicted octanol–water partition coefficient (Wildman–Crippen LogP) is 2.53. The van der Waals surface area contributed by atoms with Crippen molar-refractivity contribution >= 4 is 12.4 Å². The molecule has 3 rings (SSSR count). The van der Waals surface area contributed by atoms with E-state index in [9.17, 15) is 0 Å². The smallest absolute Gasteiger partial charge is 0.160 e. The summed E-state index contributed by atoms with van der Waals surface area (Å²) in [5.74, 6) is 1.60. The number of methoxy groups -OCH3 is 2. The van der Waals surface area contributed by atoms with Crippen LogP contribution in [0.3, 0.4) is 0 Å². The number of fused-ring (bicyclic) bond motifs is 2. The van der Waals surface area contributed by atoms with Crippen LogP contribution in [0.25, 0.3) is 0 Å². The molecule has 2 bridgehead atoms. The third kappa shape index (κ3) is 3.82. The van der Waals surface area contributed by atoms with Crippen molar-refractivity contribution in [1.29, 1.82) is 0 Å². The molecule has 2 aliphatic rings. The van der Waals surface area contributed by atoms with Gasteiger partial charge in [0.25, 0.3) is 0 Å². The topological polar surface area (TPSA) is 30.9 Å². The molecule has 1 aromatic rings. The van der Waals surface area contributed by atoms with Gasteiger partial charge in [0, 0.05) is 19.6 Å². The Balaban J connectivity index is 0.00000161.